The van der Waals surface area contributed by atoms with E-state index in [2.05, 4.69) is 26.6 Å². The number of guanidine groups is 1. The van der Waals surface area contributed by atoms with Gasteiger partial charge in [0, 0.05) is 33.4 Å². The van der Waals surface area contributed by atoms with Gasteiger partial charge in [-0.25, -0.2) is 0 Å². The summed E-state index contributed by atoms with van der Waals surface area (Å²) in [5.41, 5.74) is 0. The third-order valence-electron chi connectivity index (χ3n) is 4.99. The topological polar surface area (TPSA) is 71.3 Å². The molecule has 0 bridgehead atoms. The minimum Gasteiger partial charge on any atom is -0.468 e. The van der Waals surface area contributed by atoms with Crippen LogP contribution in [-0.4, -0.2) is 70.0 Å². The standard InChI is InChI=1S/C19H32N4O3/c1-20-19(21-8-5-12-25-16-7-13-24-15-16)22-14-17(18-6-4-11-26-18)23-9-2-3-10-23/h4,6,11,16-17H,2-3,5,7-10,12-15H2,1H3,(H2,20,21,22). The van der Waals surface area contributed by atoms with Crippen molar-refractivity contribution >= 4 is 5.96 Å². The molecule has 0 amide bonds. The molecule has 2 aliphatic rings. The molecule has 2 aliphatic heterocycles. The van der Waals surface area contributed by atoms with Gasteiger partial charge in [0.1, 0.15) is 5.76 Å². The van der Waals surface area contributed by atoms with Crippen molar-refractivity contribution in [3.8, 4) is 0 Å². The Morgan fingerprint density at radius 2 is 2.27 bits per heavy atom. The van der Waals surface area contributed by atoms with Crippen LogP contribution in [0.25, 0.3) is 0 Å². The minimum absolute atomic E-state index is 0.247. The van der Waals surface area contributed by atoms with Gasteiger partial charge >= 0.3 is 0 Å². The maximum atomic E-state index is 5.79. The Balaban J connectivity index is 1.37. The zero-order valence-corrected chi connectivity index (χ0v) is 15.8. The molecule has 7 nitrogen and oxygen atoms in total. The Hall–Kier alpha value is -1.57. The van der Waals surface area contributed by atoms with Crippen LogP contribution in [0.2, 0.25) is 0 Å². The predicted molar refractivity (Wildman–Crippen MR) is 101 cm³/mol. The van der Waals surface area contributed by atoms with Crippen molar-refractivity contribution in [1.29, 1.82) is 0 Å². The van der Waals surface area contributed by atoms with E-state index < -0.39 is 0 Å². The lowest BCUT2D eigenvalue weighted by atomic mass is 10.2. The van der Waals surface area contributed by atoms with Crippen LogP contribution in [0.1, 0.15) is 37.5 Å². The first-order valence-corrected chi connectivity index (χ1v) is 9.78. The summed E-state index contributed by atoms with van der Waals surface area (Å²) < 4.78 is 16.8. The Morgan fingerprint density at radius 1 is 1.38 bits per heavy atom. The molecule has 0 saturated carbocycles. The van der Waals surface area contributed by atoms with Crippen LogP contribution in [0.5, 0.6) is 0 Å². The normalized spacial score (nSPS) is 22.7. The van der Waals surface area contributed by atoms with Gasteiger partial charge in [-0.15, -0.1) is 0 Å². The van der Waals surface area contributed by atoms with Crippen LogP contribution < -0.4 is 10.6 Å². The molecular formula is C19H32N4O3. The molecule has 0 spiro atoms. The van der Waals surface area contributed by atoms with Crippen molar-refractivity contribution in [2.24, 2.45) is 4.99 Å². The summed E-state index contributed by atoms with van der Waals surface area (Å²) in [7, 11) is 1.81. The van der Waals surface area contributed by atoms with Gasteiger partial charge in [-0.2, -0.15) is 0 Å². The van der Waals surface area contributed by atoms with E-state index in [4.69, 9.17) is 13.9 Å². The quantitative estimate of drug-likeness (QED) is 0.395. The van der Waals surface area contributed by atoms with Crippen molar-refractivity contribution in [3.63, 3.8) is 0 Å². The lowest BCUT2D eigenvalue weighted by Gasteiger charge is -2.26. The van der Waals surface area contributed by atoms with Gasteiger partial charge in [-0.3, -0.25) is 9.89 Å². The van der Waals surface area contributed by atoms with Crippen molar-refractivity contribution in [2.45, 2.75) is 37.8 Å². The van der Waals surface area contributed by atoms with Crippen LogP contribution in [0, 0.1) is 0 Å². The summed E-state index contributed by atoms with van der Waals surface area (Å²) in [5, 5.41) is 6.81. The molecule has 2 N–H and O–H groups in total. The summed E-state index contributed by atoms with van der Waals surface area (Å²) in [5.74, 6) is 1.84. The van der Waals surface area contributed by atoms with Gasteiger partial charge in [-0.05, 0) is 50.9 Å². The minimum atomic E-state index is 0.247. The Kier molecular flexibility index (Phi) is 7.79. The number of rotatable bonds is 9. The first kappa shape index (κ1) is 19.2. The van der Waals surface area contributed by atoms with Crippen LogP contribution in [-0.2, 0) is 9.47 Å². The van der Waals surface area contributed by atoms with E-state index in [1.807, 2.05) is 6.07 Å². The van der Waals surface area contributed by atoms with Gasteiger partial charge in [0.15, 0.2) is 5.96 Å². The number of ether oxygens (including phenoxy) is 2. The van der Waals surface area contributed by atoms with Gasteiger partial charge < -0.3 is 24.5 Å². The van der Waals surface area contributed by atoms with E-state index in [1.165, 1.54) is 12.8 Å². The second-order valence-electron chi connectivity index (χ2n) is 6.86. The number of furan rings is 1. The number of hydrogen-bond donors (Lipinski definition) is 2. The zero-order chi connectivity index (χ0) is 18.0. The molecule has 146 valence electrons. The second kappa shape index (κ2) is 10.5. The highest BCUT2D eigenvalue weighted by Gasteiger charge is 2.25. The average Bonchev–Trinajstić information content (AvgIpc) is 3.43. The lowest BCUT2D eigenvalue weighted by molar-refractivity contribution is 0.0420. The fraction of sp³-hybridized carbons (Fsp3) is 0.737. The molecule has 26 heavy (non-hydrogen) atoms. The largest absolute Gasteiger partial charge is 0.468 e. The SMILES string of the molecule is CN=C(NCCCOC1CCOC1)NCC(c1ccco1)N1CCCC1. The van der Waals surface area contributed by atoms with Crippen LogP contribution in [0.4, 0.5) is 0 Å². The lowest BCUT2D eigenvalue weighted by Crippen LogP contribution is -2.43. The summed E-state index contributed by atoms with van der Waals surface area (Å²) in [6.45, 7) is 6.18. The molecule has 3 rings (SSSR count). The molecule has 1 aromatic rings. The fourth-order valence-electron chi connectivity index (χ4n) is 3.53. The van der Waals surface area contributed by atoms with Gasteiger partial charge in [0.05, 0.1) is 25.0 Å². The maximum absolute atomic E-state index is 5.79. The first-order valence-electron chi connectivity index (χ1n) is 9.78. The summed E-state index contributed by atoms with van der Waals surface area (Å²) in [6.07, 6.45) is 6.52. The maximum Gasteiger partial charge on any atom is 0.191 e. The second-order valence-corrected chi connectivity index (χ2v) is 6.86. The molecule has 2 unspecified atom stereocenters. The molecule has 1 aromatic heterocycles. The van der Waals surface area contributed by atoms with E-state index in [0.29, 0.717) is 0 Å². The Labute approximate surface area is 156 Å². The van der Waals surface area contributed by atoms with Crippen molar-refractivity contribution in [3.05, 3.63) is 24.2 Å². The number of likely N-dealkylation sites (tertiary alicyclic amines) is 1. The van der Waals surface area contributed by atoms with E-state index in [9.17, 15) is 0 Å². The monoisotopic (exact) mass is 364 g/mol. The highest BCUT2D eigenvalue weighted by Crippen LogP contribution is 2.24. The Bertz CT molecular complexity index is 523. The third kappa shape index (κ3) is 5.72. The summed E-state index contributed by atoms with van der Waals surface area (Å²) in [6, 6.07) is 4.27. The molecule has 2 atom stereocenters. The van der Waals surface area contributed by atoms with E-state index >= 15 is 0 Å². The molecule has 0 radical (unpaired) electrons. The predicted octanol–water partition coefficient (Wildman–Crippen LogP) is 1.78. The molecule has 0 aromatic carbocycles. The fourth-order valence-corrected chi connectivity index (χ4v) is 3.53. The summed E-state index contributed by atoms with van der Waals surface area (Å²) in [4.78, 5) is 6.81. The highest BCUT2D eigenvalue weighted by atomic mass is 16.5. The van der Waals surface area contributed by atoms with Gasteiger partial charge in [0.25, 0.3) is 0 Å². The van der Waals surface area contributed by atoms with Crippen LogP contribution in [0.15, 0.2) is 27.8 Å². The van der Waals surface area contributed by atoms with Crippen molar-refractivity contribution in [2.75, 3.05) is 53.0 Å². The number of hydrogen-bond acceptors (Lipinski definition) is 5. The first-order chi connectivity index (χ1) is 12.9. The van der Waals surface area contributed by atoms with E-state index in [-0.39, 0.29) is 12.1 Å². The molecule has 2 saturated heterocycles. The van der Waals surface area contributed by atoms with Crippen molar-refractivity contribution in [1.82, 2.24) is 15.5 Å². The molecule has 0 aliphatic carbocycles. The van der Waals surface area contributed by atoms with E-state index in [0.717, 1.165) is 70.6 Å². The number of nitrogens with one attached hydrogen (secondary N) is 2. The smallest absolute Gasteiger partial charge is 0.191 e. The van der Waals surface area contributed by atoms with Gasteiger partial charge in [0.2, 0.25) is 0 Å². The molecule has 7 heteroatoms. The molecule has 3 heterocycles. The van der Waals surface area contributed by atoms with Gasteiger partial charge in [-0.1, -0.05) is 0 Å². The summed E-state index contributed by atoms with van der Waals surface area (Å²) >= 11 is 0. The molecular weight excluding hydrogens is 332 g/mol. The zero-order valence-electron chi connectivity index (χ0n) is 15.8. The Morgan fingerprint density at radius 3 is 2.96 bits per heavy atom. The molecule has 2 fully saturated rings. The highest BCUT2D eigenvalue weighted by molar-refractivity contribution is 5.79. The number of nitrogens with zero attached hydrogens (tertiary/aromatic N) is 2. The third-order valence-corrected chi connectivity index (χ3v) is 4.99. The average molecular weight is 364 g/mol. The van der Waals surface area contributed by atoms with Crippen molar-refractivity contribution < 1.29 is 13.9 Å². The number of aliphatic imine (C=N–C) groups is 1. The van der Waals surface area contributed by atoms with Crippen LogP contribution >= 0.6 is 0 Å². The van der Waals surface area contributed by atoms with Crippen LogP contribution in [0.3, 0.4) is 0 Å². The van der Waals surface area contributed by atoms with E-state index in [1.54, 1.807) is 13.3 Å².